The molecular weight excluding hydrogens is 909 g/mol. The zero-order chi connectivity index (χ0) is 51.6. The molecule has 0 aromatic carbocycles. The first-order valence-corrected chi connectivity index (χ1v) is 28.9. The van der Waals surface area contributed by atoms with E-state index in [1.165, 1.54) is 141 Å². The van der Waals surface area contributed by atoms with Crippen molar-refractivity contribution < 1.29 is 69.0 Å². The number of allylic oxidation sites excluding steroid dienone is 4. The number of hydrogen-bond donors (Lipinski definition) is 7. The van der Waals surface area contributed by atoms with Crippen molar-refractivity contribution in [3.63, 3.8) is 0 Å². The van der Waals surface area contributed by atoms with Crippen molar-refractivity contribution in [2.24, 2.45) is 0 Å². The quantitative estimate of drug-likeness (QED) is 0.0172. The highest BCUT2D eigenvalue weighted by atomic mass is 16.7. The lowest BCUT2D eigenvalue weighted by Gasteiger charge is -2.42. The molecule has 14 heteroatoms. The van der Waals surface area contributed by atoms with E-state index in [0.29, 0.717) is 13.0 Å². The third-order valence-corrected chi connectivity index (χ3v) is 14.0. The Morgan fingerprint density at radius 3 is 1.38 bits per heavy atom. The summed E-state index contributed by atoms with van der Waals surface area (Å²) in [4.78, 5) is 13.0. The van der Waals surface area contributed by atoms with Gasteiger partial charge in [0.15, 0.2) is 12.6 Å². The summed E-state index contributed by atoms with van der Waals surface area (Å²) in [5, 5.41) is 72.3. The highest BCUT2D eigenvalue weighted by molar-refractivity contribution is 5.69. The average molecular weight is 1020 g/mol. The van der Waals surface area contributed by atoms with Crippen molar-refractivity contribution in [1.82, 2.24) is 0 Å². The summed E-state index contributed by atoms with van der Waals surface area (Å²) >= 11 is 0. The van der Waals surface area contributed by atoms with Crippen molar-refractivity contribution in [2.75, 3.05) is 33.0 Å². The van der Waals surface area contributed by atoms with Crippen molar-refractivity contribution in [1.29, 1.82) is 0 Å². The first kappa shape index (κ1) is 65.6. The minimum absolute atomic E-state index is 0.0603. The van der Waals surface area contributed by atoms with Crippen molar-refractivity contribution in [3.05, 3.63) is 24.3 Å². The van der Waals surface area contributed by atoms with Crippen molar-refractivity contribution in [3.8, 4) is 0 Å². The Labute approximate surface area is 430 Å². The monoisotopic (exact) mass is 1010 g/mol. The number of esters is 1. The molecule has 0 radical (unpaired) electrons. The molecule has 71 heavy (non-hydrogen) atoms. The fraction of sp³-hybridized carbons (Fsp3) is 0.912. The van der Waals surface area contributed by atoms with Gasteiger partial charge in [0.05, 0.1) is 26.4 Å². The molecule has 2 fully saturated rings. The van der Waals surface area contributed by atoms with Crippen LogP contribution in [0.2, 0.25) is 0 Å². The summed E-state index contributed by atoms with van der Waals surface area (Å²) in [5.74, 6) is -0.386. The minimum Gasteiger partial charge on any atom is -0.457 e. The van der Waals surface area contributed by atoms with Crippen LogP contribution in [-0.4, -0.2) is 142 Å². The van der Waals surface area contributed by atoms with Crippen LogP contribution in [0.25, 0.3) is 0 Å². The number of aliphatic hydroxyl groups excluding tert-OH is 7. The number of ether oxygens (including phenoxy) is 6. The molecule has 2 saturated heterocycles. The van der Waals surface area contributed by atoms with Gasteiger partial charge in [-0.15, -0.1) is 0 Å². The van der Waals surface area contributed by atoms with Crippen LogP contribution < -0.4 is 0 Å². The van der Waals surface area contributed by atoms with E-state index in [-0.39, 0.29) is 25.6 Å². The molecule has 2 rings (SSSR count). The number of hydrogen-bond acceptors (Lipinski definition) is 14. The molecule has 0 aromatic rings. The van der Waals surface area contributed by atoms with E-state index >= 15 is 0 Å². The fourth-order valence-electron chi connectivity index (χ4n) is 9.26. The Hall–Kier alpha value is -1.53. The first-order valence-electron chi connectivity index (χ1n) is 28.9. The largest absolute Gasteiger partial charge is 0.457 e. The van der Waals surface area contributed by atoms with Crippen LogP contribution in [0.3, 0.4) is 0 Å². The molecular formula is C57H106O14. The summed E-state index contributed by atoms with van der Waals surface area (Å²) in [7, 11) is 0. The molecule has 7 N–H and O–H groups in total. The third kappa shape index (κ3) is 31.8. The van der Waals surface area contributed by atoms with Gasteiger partial charge in [0, 0.05) is 13.0 Å². The fourth-order valence-corrected chi connectivity index (χ4v) is 9.26. The van der Waals surface area contributed by atoms with Gasteiger partial charge in [-0.2, -0.15) is 0 Å². The molecule has 0 bridgehead atoms. The Bertz CT molecular complexity index is 1270. The molecule has 0 aromatic heterocycles. The summed E-state index contributed by atoms with van der Waals surface area (Å²) in [6.45, 7) is 3.69. The first-order chi connectivity index (χ1) is 34.6. The normalized spacial score (nSPS) is 25.4. The average Bonchev–Trinajstić information content (AvgIpc) is 3.37. The van der Waals surface area contributed by atoms with Crippen LogP contribution in [0.1, 0.15) is 232 Å². The Balaban J connectivity index is 1.70. The highest BCUT2D eigenvalue weighted by Crippen LogP contribution is 2.27. The molecule has 0 amide bonds. The van der Waals surface area contributed by atoms with Crippen LogP contribution in [0, 0.1) is 0 Å². The van der Waals surface area contributed by atoms with Gasteiger partial charge < -0.3 is 64.2 Å². The maximum absolute atomic E-state index is 13.0. The molecule has 2 aliphatic rings. The third-order valence-electron chi connectivity index (χ3n) is 14.0. The Morgan fingerprint density at radius 1 is 0.465 bits per heavy atom. The lowest BCUT2D eigenvalue weighted by atomic mass is 9.98. The summed E-state index contributed by atoms with van der Waals surface area (Å²) in [5.41, 5.74) is 0. The molecule has 0 saturated carbocycles. The summed E-state index contributed by atoms with van der Waals surface area (Å²) in [6.07, 6.45) is 33.9. The van der Waals surface area contributed by atoms with Gasteiger partial charge in [0.25, 0.3) is 0 Å². The summed E-state index contributed by atoms with van der Waals surface area (Å²) < 4.78 is 34.4. The number of rotatable bonds is 47. The van der Waals surface area contributed by atoms with Crippen LogP contribution in [-0.2, 0) is 33.2 Å². The molecule has 14 nitrogen and oxygen atoms in total. The number of aliphatic hydroxyl groups is 7. The molecule has 11 unspecified atom stereocenters. The maximum atomic E-state index is 13.0. The van der Waals surface area contributed by atoms with E-state index in [1.807, 2.05) is 0 Å². The van der Waals surface area contributed by atoms with Crippen molar-refractivity contribution in [2.45, 2.75) is 300 Å². The van der Waals surface area contributed by atoms with Crippen molar-refractivity contribution >= 4 is 5.97 Å². The van der Waals surface area contributed by atoms with E-state index in [4.69, 9.17) is 28.4 Å². The highest BCUT2D eigenvalue weighted by Gasteiger charge is 2.47. The second-order valence-corrected chi connectivity index (χ2v) is 20.5. The van der Waals surface area contributed by atoms with Crippen LogP contribution in [0.15, 0.2) is 24.3 Å². The smallest absolute Gasteiger partial charge is 0.306 e. The number of unbranched alkanes of at least 4 members (excludes halogenated alkanes) is 29. The predicted molar refractivity (Wildman–Crippen MR) is 280 cm³/mol. The van der Waals surface area contributed by atoms with Gasteiger partial charge in [-0.25, -0.2) is 0 Å². The van der Waals surface area contributed by atoms with Gasteiger partial charge >= 0.3 is 5.97 Å². The Kier molecular flexibility index (Phi) is 41.3. The maximum Gasteiger partial charge on any atom is 0.306 e. The minimum atomic E-state index is -1.71. The molecule has 0 spiro atoms. The standard InChI is InChI=1S/C57H106O14/c1-3-5-7-9-11-13-15-17-19-20-21-22-23-24-25-27-29-31-33-35-37-39-41-66-43-46(69-49(59)40-38-36-34-32-30-28-26-18-16-14-12-10-8-6-4-2)44-67-56-55(65)53(63)51(61)48(71-56)45-68-57-54(64)52(62)50(60)47(42-58)70-57/h12,14,18,26,46-48,50-58,60-65H,3-11,13,15-17,19-25,27-45H2,1-2H3/b14-12-,26-18-. The van der Waals surface area contributed by atoms with E-state index in [2.05, 4.69) is 38.2 Å². The molecule has 2 heterocycles. The molecule has 11 atom stereocenters. The van der Waals surface area contributed by atoms with Crippen LogP contribution in [0.4, 0.5) is 0 Å². The van der Waals surface area contributed by atoms with Crippen LogP contribution >= 0.6 is 0 Å². The second kappa shape index (κ2) is 44.7. The van der Waals surface area contributed by atoms with E-state index < -0.39 is 80.7 Å². The molecule has 418 valence electrons. The topological polar surface area (TPSA) is 214 Å². The molecule has 2 aliphatic heterocycles. The number of carbonyl (C=O) groups is 1. The summed E-state index contributed by atoms with van der Waals surface area (Å²) in [6, 6.07) is 0. The zero-order valence-corrected chi connectivity index (χ0v) is 44.7. The second-order valence-electron chi connectivity index (χ2n) is 20.5. The van der Waals surface area contributed by atoms with E-state index in [9.17, 15) is 40.5 Å². The Morgan fingerprint density at radius 2 is 0.873 bits per heavy atom. The number of carbonyl (C=O) groups excluding carboxylic acids is 1. The van der Waals surface area contributed by atoms with Crippen LogP contribution in [0.5, 0.6) is 0 Å². The van der Waals surface area contributed by atoms with E-state index in [0.717, 1.165) is 64.2 Å². The van der Waals surface area contributed by atoms with Gasteiger partial charge in [-0.3, -0.25) is 4.79 Å². The van der Waals surface area contributed by atoms with Gasteiger partial charge in [0.2, 0.25) is 0 Å². The lowest BCUT2D eigenvalue weighted by molar-refractivity contribution is -0.332. The van der Waals surface area contributed by atoms with Gasteiger partial charge in [0.1, 0.15) is 54.9 Å². The SMILES string of the molecule is CCCCC/C=C\C/C=C\CCCCCCCC(=O)OC(COCCCCCCCCCCCCCCCCCCCCCCCC)COC1OC(COC2OC(CO)C(O)C(O)C2O)C(O)C(O)C1O. The predicted octanol–water partition coefficient (Wildman–Crippen LogP) is 9.97. The van der Waals surface area contributed by atoms with Gasteiger partial charge in [-0.1, -0.05) is 205 Å². The molecule has 0 aliphatic carbocycles. The van der Waals surface area contributed by atoms with E-state index in [1.54, 1.807) is 0 Å². The zero-order valence-electron chi connectivity index (χ0n) is 44.7. The van der Waals surface area contributed by atoms with Gasteiger partial charge in [-0.05, 0) is 44.9 Å². The lowest BCUT2D eigenvalue weighted by Crippen LogP contribution is -2.61.